The fraction of sp³-hybridized carbons (Fsp3) is 0.136. The van der Waals surface area contributed by atoms with E-state index >= 15 is 0 Å². The minimum atomic E-state index is -0.707. The largest absolute Gasteiger partial charge is 0.497 e. The van der Waals surface area contributed by atoms with Crippen LogP contribution in [0.4, 0.5) is 5.69 Å². The first-order valence-electron chi connectivity index (χ1n) is 9.08. The van der Waals surface area contributed by atoms with E-state index < -0.39 is 6.04 Å². The fourth-order valence-electron chi connectivity index (χ4n) is 3.00. The molecule has 0 aliphatic carbocycles. The van der Waals surface area contributed by atoms with Crippen LogP contribution < -0.4 is 15.6 Å². The normalized spacial score (nSPS) is 11.9. The maximum atomic E-state index is 13.0. The number of hydrogen-bond acceptors (Lipinski definition) is 5. The van der Waals surface area contributed by atoms with E-state index in [0.717, 1.165) is 10.4 Å². The molecule has 0 saturated heterocycles. The highest BCUT2D eigenvalue weighted by Gasteiger charge is 2.19. The lowest BCUT2D eigenvalue weighted by Gasteiger charge is -2.15. The Labute approximate surface area is 171 Å². The van der Waals surface area contributed by atoms with Gasteiger partial charge in [-0.25, -0.2) is 4.98 Å². The second-order valence-corrected chi connectivity index (χ2v) is 7.58. The van der Waals surface area contributed by atoms with Crippen LogP contribution in [0.1, 0.15) is 13.0 Å². The van der Waals surface area contributed by atoms with Gasteiger partial charge in [-0.05, 0) is 42.8 Å². The summed E-state index contributed by atoms with van der Waals surface area (Å²) >= 11 is 1.46. The maximum absolute atomic E-state index is 13.0. The van der Waals surface area contributed by atoms with E-state index in [1.165, 1.54) is 22.2 Å². The number of aromatic nitrogens is 2. The first kappa shape index (κ1) is 18.9. The fourth-order valence-corrected chi connectivity index (χ4v) is 4.00. The number of ether oxygens (including phenoxy) is 1. The van der Waals surface area contributed by atoms with Crippen LogP contribution >= 0.6 is 11.3 Å². The molecule has 2 heterocycles. The van der Waals surface area contributed by atoms with Crippen LogP contribution in [0.5, 0.6) is 5.75 Å². The molecule has 146 valence electrons. The summed E-state index contributed by atoms with van der Waals surface area (Å²) in [5.41, 5.74) is 1.43. The molecule has 2 aromatic carbocycles. The Morgan fingerprint density at radius 3 is 2.55 bits per heavy atom. The second-order valence-electron chi connectivity index (χ2n) is 6.55. The van der Waals surface area contributed by atoms with Gasteiger partial charge in [0.25, 0.3) is 5.56 Å². The number of amides is 1. The van der Waals surface area contributed by atoms with Gasteiger partial charge in [0, 0.05) is 10.6 Å². The lowest BCUT2D eigenvalue weighted by Crippen LogP contribution is -2.31. The molecular weight excluding hydrogens is 386 g/mol. The first-order valence-corrected chi connectivity index (χ1v) is 9.89. The number of fused-ring (bicyclic) bond motifs is 1. The number of rotatable bonds is 5. The summed E-state index contributed by atoms with van der Waals surface area (Å²) < 4.78 is 6.48. The standard InChI is InChI=1S/C22H19N3O3S/c1-14(20(26)24-16-8-10-17(28-2)11-9-16)25-13-23-21-18(22(25)27)12-19(29-21)15-6-4-3-5-7-15/h3-14H,1-2H3,(H,24,26). The smallest absolute Gasteiger partial charge is 0.262 e. The molecule has 1 N–H and O–H groups in total. The van der Waals surface area contributed by atoms with Crippen LogP contribution in [-0.2, 0) is 4.79 Å². The van der Waals surface area contributed by atoms with E-state index in [0.29, 0.717) is 21.7 Å². The predicted octanol–water partition coefficient (Wildman–Crippen LogP) is 4.33. The number of thiophene rings is 1. The van der Waals surface area contributed by atoms with Gasteiger partial charge in [-0.15, -0.1) is 11.3 Å². The Kier molecular flexibility index (Phi) is 5.14. The molecular formula is C22H19N3O3S. The van der Waals surface area contributed by atoms with Crippen LogP contribution in [0.25, 0.3) is 20.7 Å². The minimum Gasteiger partial charge on any atom is -0.497 e. The van der Waals surface area contributed by atoms with Crippen molar-refractivity contribution in [1.29, 1.82) is 0 Å². The van der Waals surface area contributed by atoms with Crippen molar-refractivity contribution in [2.75, 3.05) is 12.4 Å². The molecule has 29 heavy (non-hydrogen) atoms. The van der Waals surface area contributed by atoms with E-state index in [1.54, 1.807) is 38.3 Å². The van der Waals surface area contributed by atoms with Gasteiger partial charge in [0.05, 0.1) is 18.8 Å². The summed E-state index contributed by atoms with van der Waals surface area (Å²) in [7, 11) is 1.58. The van der Waals surface area contributed by atoms with Gasteiger partial charge in [0.15, 0.2) is 0 Å². The molecule has 0 fully saturated rings. The van der Waals surface area contributed by atoms with E-state index in [1.807, 2.05) is 36.4 Å². The zero-order valence-corrected chi connectivity index (χ0v) is 16.8. The van der Waals surface area contributed by atoms with E-state index in [4.69, 9.17) is 4.74 Å². The molecule has 4 rings (SSSR count). The molecule has 2 aromatic heterocycles. The molecule has 1 amide bonds. The molecule has 6 nitrogen and oxygen atoms in total. The zero-order chi connectivity index (χ0) is 20.4. The minimum absolute atomic E-state index is 0.231. The summed E-state index contributed by atoms with van der Waals surface area (Å²) in [5.74, 6) is 0.408. The Hall–Kier alpha value is -3.45. The van der Waals surface area contributed by atoms with Crippen molar-refractivity contribution < 1.29 is 9.53 Å². The topological polar surface area (TPSA) is 73.2 Å². The van der Waals surface area contributed by atoms with Crippen LogP contribution in [0.2, 0.25) is 0 Å². The third kappa shape index (κ3) is 3.77. The van der Waals surface area contributed by atoms with Crippen LogP contribution in [0, 0.1) is 0 Å². The van der Waals surface area contributed by atoms with Crippen molar-refractivity contribution in [2.24, 2.45) is 0 Å². The molecule has 0 aliphatic rings. The number of hydrogen-bond donors (Lipinski definition) is 1. The monoisotopic (exact) mass is 405 g/mol. The van der Waals surface area contributed by atoms with Gasteiger partial charge in [-0.2, -0.15) is 0 Å². The summed E-state index contributed by atoms with van der Waals surface area (Å²) in [6, 6.07) is 18.0. The average molecular weight is 405 g/mol. The summed E-state index contributed by atoms with van der Waals surface area (Å²) in [4.78, 5) is 31.7. The van der Waals surface area contributed by atoms with Crippen LogP contribution in [0.15, 0.2) is 71.8 Å². The highest BCUT2D eigenvalue weighted by molar-refractivity contribution is 7.21. The zero-order valence-electron chi connectivity index (χ0n) is 16.0. The van der Waals surface area contributed by atoms with Crippen molar-refractivity contribution in [3.8, 4) is 16.2 Å². The van der Waals surface area contributed by atoms with Crippen molar-refractivity contribution in [3.63, 3.8) is 0 Å². The van der Waals surface area contributed by atoms with Crippen molar-refractivity contribution in [3.05, 3.63) is 77.3 Å². The lowest BCUT2D eigenvalue weighted by atomic mass is 10.2. The number of anilines is 1. The maximum Gasteiger partial charge on any atom is 0.262 e. The van der Waals surface area contributed by atoms with Gasteiger partial charge in [-0.3, -0.25) is 14.2 Å². The third-order valence-corrected chi connectivity index (χ3v) is 5.78. The summed E-state index contributed by atoms with van der Waals surface area (Å²) in [5, 5.41) is 3.33. The second kappa shape index (κ2) is 7.89. The van der Waals surface area contributed by atoms with Gasteiger partial charge in [0.2, 0.25) is 5.91 Å². The molecule has 0 bridgehead atoms. The number of methoxy groups -OCH3 is 1. The van der Waals surface area contributed by atoms with Crippen molar-refractivity contribution in [1.82, 2.24) is 9.55 Å². The molecule has 4 aromatic rings. The number of nitrogens with one attached hydrogen (secondary N) is 1. The van der Waals surface area contributed by atoms with E-state index in [-0.39, 0.29) is 11.5 Å². The van der Waals surface area contributed by atoms with E-state index in [2.05, 4.69) is 10.3 Å². The molecule has 0 radical (unpaired) electrons. The number of carbonyl (C=O) groups is 1. The highest BCUT2D eigenvalue weighted by Crippen LogP contribution is 2.30. The Balaban J connectivity index is 1.61. The average Bonchev–Trinajstić information content (AvgIpc) is 3.20. The number of carbonyl (C=O) groups excluding carboxylic acids is 1. The van der Waals surface area contributed by atoms with Gasteiger partial charge in [0.1, 0.15) is 16.6 Å². The molecule has 1 atom stereocenters. The predicted molar refractivity (Wildman–Crippen MR) is 116 cm³/mol. The highest BCUT2D eigenvalue weighted by atomic mass is 32.1. The Morgan fingerprint density at radius 2 is 1.86 bits per heavy atom. The van der Waals surface area contributed by atoms with Crippen molar-refractivity contribution >= 4 is 33.1 Å². The molecule has 1 unspecified atom stereocenters. The number of nitrogens with zero attached hydrogens (tertiary/aromatic N) is 2. The summed E-state index contributed by atoms with van der Waals surface area (Å²) in [6.07, 6.45) is 1.44. The molecule has 0 saturated carbocycles. The van der Waals surface area contributed by atoms with Gasteiger partial charge >= 0.3 is 0 Å². The quantitative estimate of drug-likeness (QED) is 0.536. The number of benzene rings is 2. The van der Waals surface area contributed by atoms with Gasteiger partial charge in [-0.1, -0.05) is 30.3 Å². The van der Waals surface area contributed by atoms with Crippen LogP contribution in [-0.4, -0.2) is 22.6 Å². The van der Waals surface area contributed by atoms with Gasteiger partial charge < -0.3 is 10.1 Å². The van der Waals surface area contributed by atoms with Crippen molar-refractivity contribution in [2.45, 2.75) is 13.0 Å². The molecule has 7 heteroatoms. The molecule has 0 aliphatic heterocycles. The first-order chi connectivity index (χ1) is 14.1. The molecule has 0 spiro atoms. The Bertz CT molecular complexity index is 1210. The Morgan fingerprint density at radius 1 is 1.14 bits per heavy atom. The SMILES string of the molecule is COc1ccc(NC(=O)C(C)n2cnc3sc(-c4ccccc4)cc3c2=O)cc1. The van der Waals surface area contributed by atoms with E-state index in [9.17, 15) is 9.59 Å². The van der Waals surface area contributed by atoms with Crippen LogP contribution in [0.3, 0.4) is 0 Å². The lowest BCUT2D eigenvalue weighted by molar-refractivity contribution is -0.118. The summed E-state index contributed by atoms with van der Waals surface area (Å²) in [6.45, 7) is 1.68. The third-order valence-electron chi connectivity index (χ3n) is 4.69.